The highest BCUT2D eigenvalue weighted by Gasteiger charge is 2.41. The molecule has 156 valence electrons. The van der Waals surface area contributed by atoms with Gasteiger partial charge in [0.25, 0.3) is 0 Å². The number of nitrogens with two attached hydrogens (primary N) is 2. The van der Waals surface area contributed by atoms with Crippen LogP contribution in [-0.4, -0.2) is 14.2 Å². The molecule has 2 aromatic heterocycles. The average Bonchev–Trinajstić information content (AvgIpc) is 3.42. The maximum Gasteiger partial charge on any atom is 0.117 e. The summed E-state index contributed by atoms with van der Waals surface area (Å²) in [6.45, 7) is 8.87. The van der Waals surface area contributed by atoms with Crippen LogP contribution in [0.4, 0.5) is 0 Å². The van der Waals surface area contributed by atoms with E-state index in [0.717, 1.165) is 35.9 Å². The lowest BCUT2D eigenvalue weighted by molar-refractivity contribution is 0.240. The van der Waals surface area contributed by atoms with Gasteiger partial charge in [-0.05, 0) is 37.1 Å². The summed E-state index contributed by atoms with van der Waals surface area (Å²) in [5, 5.41) is 0. The second-order valence-electron chi connectivity index (χ2n) is 5.99. The average molecular weight is 381 g/mol. The first-order valence-corrected chi connectivity index (χ1v) is 10.2. The Morgan fingerprint density at radius 3 is 1.44 bits per heavy atom. The minimum Gasteiger partial charge on any atom is -0.464 e. The zero-order valence-corrected chi connectivity index (χ0v) is 18.1. The van der Waals surface area contributed by atoms with Crippen molar-refractivity contribution in [1.29, 1.82) is 0 Å². The molecule has 2 aromatic rings. The molecule has 4 N–H and O–H groups in total. The molecule has 1 aliphatic rings. The molecule has 0 spiro atoms. The van der Waals surface area contributed by atoms with E-state index in [0.29, 0.717) is 13.1 Å². The topological polar surface area (TPSA) is 87.5 Å². The normalized spacial score (nSPS) is 14.7. The van der Waals surface area contributed by atoms with E-state index < -0.39 is 0 Å². The number of hydrogen-bond donors (Lipinski definition) is 2. The van der Waals surface area contributed by atoms with Crippen LogP contribution in [-0.2, 0) is 23.2 Å². The summed E-state index contributed by atoms with van der Waals surface area (Å²) in [6, 6.07) is 8.05. The van der Waals surface area contributed by atoms with Crippen molar-refractivity contribution in [3.63, 3.8) is 0 Å². The highest BCUT2D eigenvalue weighted by atomic mass is 16.4. The lowest BCUT2D eigenvalue weighted by Crippen LogP contribution is -2.29. The van der Waals surface area contributed by atoms with Crippen LogP contribution in [0.5, 0.6) is 0 Å². The van der Waals surface area contributed by atoms with Crippen molar-refractivity contribution in [3.05, 3.63) is 47.3 Å². The second-order valence-corrected chi connectivity index (χ2v) is 5.99. The van der Waals surface area contributed by atoms with Crippen molar-refractivity contribution in [3.8, 4) is 0 Å². The predicted molar refractivity (Wildman–Crippen MR) is 113 cm³/mol. The quantitative estimate of drug-likeness (QED) is 0.746. The number of ether oxygens (including phenoxy) is 1. The fourth-order valence-electron chi connectivity index (χ4n) is 3.26. The zero-order chi connectivity index (χ0) is 20.7. The van der Waals surface area contributed by atoms with Gasteiger partial charge in [-0.15, -0.1) is 0 Å². The van der Waals surface area contributed by atoms with E-state index >= 15 is 0 Å². The molecule has 0 amide bonds. The van der Waals surface area contributed by atoms with Gasteiger partial charge in [-0.25, -0.2) is 0 Å². The van der Waals surface area contributed by atoms with Crippen molar-refractivity contribution >= 4 is 0 Å². The molecule has 2 heterocycles. The number of methoxy groups -OCH3 is 1. The Hall–Kier alpha value is -1.56. The van der Waals surface area contributed by atoms with Crippen LogP contribution in [0.1, 0.15) is 82.8 Å². The SMILES string of the molecule is CC.CC.COC.NCc1ccc(C2(c3ccc(CN)o3)CCCCC2)o1. The van der Waals surface area contributed by atoms with E-state index in [1.165, 1.54) is 19.3 Å². The molecular formula is C22H40N2O3. The Labute approximate surface area is 165 Å². The molecule has 0 aromatic carbocycles. The van der Waals surface area contributed by atoms with Gasteiger partial charge >= 0.3 is 0 Å². The Kier molecular flexibility index (Phi) is 13.7. The van der Waals surface area contributed by atoms with Gasteiger partial charge in [0.15, 0.2) is 0 Å². The first kappa shape index (κ1) is 25.4. The third-order valence-electron chi connectivity index (χ3n) is 4.38. The maximum absolute atomic E-state index is 5.96. The number of hydrogen-bond acceptors (Lipinski definition) is 5. The predicted octanol–water partition coefficient (Wildman–Crippen LogP) is 5.36. The summed E-state index contributed by atoms with van der Waals surface area (Å²) >= 11 is 0. The fourth-order valence-corrected chi connectivity index (χ4v) is 3.26. The van der Waals surface area contributed by atoms with Gasteiger partial charge in [0, 0.05) is 14.2 Å². The molecule has 1 fully saturated rings. The Balaban J connectivity index is 0.000000860. The molecule has 0 bridgehead atoms. The molecule has 1 saturated carbocycles. The summed E-state index contributed by atoms with van der Waals surface area (Å²) in [5.41, 5.74) is 11.2. The van der Waals surface area contributed by atoms with E-state index in [1.807, 2.05) is 39.8 Å². The first-order valence-electron chi connectivity index (χ1n) is 10.2. The third kappa shape index (κ3) is 6.83. The van der Waals surface area contributed by atoms with Crippen LogP contribution in [0.15, 0.2) is 33.1 Å². The summed E-state index contributed by atoms with van der Waals surface area (Å²) in [6.07, 6.45) is 5.77. The van der Waals surface area contributed by atoms with Crippen LogP contribution in [0.25, 0.3) is 0 Å². The number of rotatable bonds is 4. The minimum atomic E-state index is -0.140. The smallest absolute Gasteiger partial charge is 0.117 e. The van der Waals surface area contributed by atoms with E-state index in [1.54, 1.807) is 14.2 Å². The van der Waals surface area contributed by atoms with E-state index in [9.17, 15) is 0 Å². The van der Waals surface area contributed by atoms with Crippen molar-refractivity contribution in [1.82, 2.24) is 0 Å². The molecule has 27 heavy (non-hydrogen) atoms. The van der Waals surface area contributed by atoms with Crippen molar-refractivity contribution in [2.75, 3.05) is 14.2 Å². The van der Waals surface area contributed by atoms with Gasteiger partial charge in [-0.3, -0.25) is 0 Å². The monoisotopic (exact) mass is 380 g/mol. The van der Waals surface area contributed by atoms with Crippen LogP contribution >= 0.6 is 0 Å². The molecular weight excluding hydrogens is 340 g/mol. The molecule has 1 aliphatic carbocycles. The van der Waals surface area contributed by atoms with Gasteiger partial charge in [0.2, 0.25) is 0 Å². The molecule has 5 nitrogen and oxygen atoms in total. The van der Waals surface area contributed by atoms with Crippen LogP contribution in [0.3, 0.4) is 0 Å². The fraction of sp³-hybridized carbons (Fsp3) is 0.636. The molecule has 0 radical (unpaired) electrons. The van der Waals surface area contributed by atoms with Crippen LogP contribution in [0, 0.1) is 0 Å². The van der Waals surface area contributed by atoms with Gasteiger partial charge in [-0.1, -0.05) is 47.0 Å². The molecule has 0 atom stereocenters. The van der Waals surface area contributed by atoms with Gasteiger partial charge in [-0.2, -0.15) is 0 Å². The maximum atomic E-state index is 5.96. The van der Waals surface area contributed by atoms with Gasteiger partial charge in [0.1, 0.15) is 23.0 Å². The first-order chi connectivity index (χ1) is 13.2. The lowest BCUT2D eigenvalue weighted by Gasteiger charge is -2.33. The largest absolute Gasteiger partial charge is 0.464 e. The summed E-state index contributed by atoms with van der Waals surface area (Å²) in [4.78, 5) is 0. The zero-order valence-electron chi connectivity index (χ0n) is 18.1. The van der Waals surface area contributed by atoms with E-state index in [2.05, 4.69) is 16.9 Å². The molecule has 0 aliphatic heterocycles. The summed E-state index contributed by atoms with van der Waals surface area (Å²) < 4.78 is 16.2. The Morgan fingerprint density at radius 1 is 0.778 bits per heavy atom. The Bertz CT molecular complexity index is 540. The summed E-state index contributed by atoms with van der Waals surface area (Å²) in [5.74, 6) is 3.62. The minimum absolute atomic E-state index is 0.140. The third-order valence-corrected chi connectivity index (χ3v) is 4.38. The number of furan rings is 2. The van der Waals surface area contributed by atoms with Crippen molar-refractivity contribution in [2.24, 2.45) is 11.5 Å². The Morgan fingerprint density at radius 2 is 1.15 bits per heavy atom. The van der Waals surface area contributed by atoms with Gasteiger partial charge < -0.3 is 25.0 Å². The second kappa shape index (κ2) is 14.5. The summed E-state index contributed by atoms with van der Waals surface area (Å²) in [7, 11) is 3.25. The van der Waals surface area contributed by atoms with E-state index in [4.69, 9.17) is 20.3 Å². The van der Waals surface area contributed by atoms with Crippen LogP contribution < -0.4 is 11.5 Å². The molecule has 0 unspecified atom stereocenters. The van der Waals surface area contributed by atoms with Crippen LogP contribution in [0.2, 0.25) is 0 Å². The lowest BCUT2D eigenvalue weighted by atomic mass is 9.70. The molecule has 5 heteroatoms. The van der Waals surface area contributed by atoms with Crippen molar-refractivity contribution < 1.29 is 13.6 Å². The van der Waals surface area contributed by atoms with Crippen molar-refractivity contribution in [2.45, 2.75) is 78.3 Å². The highest BCUT2D eigenvalue weighted by Crippen LogP contribution is 2.45. The highest BCUT2D eigenvalue weighted by molar-refractivity contribution is 5.31. The molecule has 3 rings (SSSR count). The standard InChI is InChI=1S/C16H22N2O2.C2H6O.2C2H6/c17-10-12-4-6-14(19-12)16(8-2-1-3-9-16)15-7-5-13(11-18)20-15;1-3-2;2*1-2/h4-7H,1-3,8-11,17-18H2;1-2H3;2*1-2H3. The van der Waals surface area contributed by atoms with E-state index in [-0.39, 0.29) is 5.41 Å². The van der Waals surface area contributed by atoms with Gasteiger partial charge in [0.05, 0.1) is 18.5 Å². The molecule has 0 saturated heterocycles.